The number of carbonyl (C=O) groups is 1. The first-order chi connectivity index (χ1) is 11.7. The zero-order chi connectivity index (χ0) is 16.5. The molecule has 24 heavy (non-hydrogen) atoms. The Bertz CT molecular complexity index is 744. The van der Waals surface area contributed by atoms with Crippen LogP contribution in [0.25, 0.3) is 0 Å². The van der Waals surface area contributed by atoms with Crippen molar-refractivity contribution in [2.45, 2.75) is 23.8 Å². The number of nitrogens with zero attached hydrogens (tertiary/aromatic N) is 5. The number of pyridine rings is 1. The average Bonchev–Trinajstić information content (AvgIpc) is 3.15. The summed E-state index contributed by atoms with van der Waals surface area (Å²) in [6, 6.07) is 7.62. The van der Waals surface area contributed by atoms with Crippen LogP contribution in [0.15, 0.2) is 41.8 Å². The van der Waals surface area contributed by atoms with Crippen LogP contribution in [0.4, 0.5) is 10.6 Å². The topological polar surface area (TPSA) is 71.5 Å². The maximum absolute atomic E-state index is 12.2. The van der Waals surface area contributed by atoms with Gasteiger partial charge in [-0.25, -0.2) is 14.8 Å². The third kappa shape index (κ3) is 2.77. The Kier molecular flexibility index (Phi) is 3.97. The Labute approximate surface area is 144 Å². The number of amides is 1. The van der Waals surface area contributed by atoms with Gasteiger partial charge in [0.05, 0.1) is 24.8 Å². The van der Waals surface area contributed by atoms with Gasteiger partial charge in [-0.1, -0.05) is 17.8 Å². The van der Waals surface area contributed by atoms with Crippen molar-refractivity contribution < 1.29 is 9.53 Å². The summed E-state index contributed by atoms with van der Waals surface area (Å²) in [5.74, 6) is 0.873. The minimum absolute atomic E-state index is 0.0206. The van der Waals surface area contributed by atoms with Gasteiger partial charge in [0.2, 0.25) is 0 Å². The van der Waals surface area contributed by atoms with Crippen molar-refractivity contribution in [1.29, 1.82) is 0 Å². The molecule has 0 N–H and O–H groups in total. The van der Waals surface area contributed by atoms with Crippen molar-refractivity contribution >= 4 is 23.7 Å². The van der Waals surface area contributed by atoms with Crippen molar-refractivity contribution in [3.8, 4) is 0 Å². The van der Waals surface area contributed by atoms with Gasteiger partial charge in [-0.05, 0) is 24.5 Å². The number of hydrogen-bond acceptors (Lipinski definition) is 7. The average molecular weight is 343 g/mol. The molecule has 2 atom stereocenters. The second kappa shape index (κ2) is 6.27. The number of ether oxygens (including phenoxy) is 1. The Hall–Kier alpha value is -2.35. The lowest BCUT2D eigenvalue weighted by Gasteiger charge is -2.22. The molecule has 7 nitrogen and oxygen atoms in total. The molecule has 0 bridgehead atoms. The van der Waals surface area contributed by atoms with E-state index in [-0.39, 0.29) is 18.2 Å². The van der Waals surface area contributed by atoms with Crippen LogP contribution >= 0.6 is 11.8 Å². The van der Waals surface area contributed by atoms with Crippen LogP contribution in [-0.4, -0.2) is 57.4 Å². The van der Waals surface area contributed by atoms with Crippen LogP contribution in [0.2, 0.25) is 0 Å². The smallest absolute Gasteiger partial charge is 0.410 e. The van der Waals surface area contributed by atoms with Crippen molar-refractivity contribution in [2.75, 3.05) is 24.2 Å². The first-order valence-electron chi connectivity index (χ1n) is 7.74. The van der Waals surface area contributed by atoms with Gasteiger partial charge in [0.15, 0.2) is 5.16 Å². The minimum atomic E-state index is -0.261. The van der Waals surface area contributed by atoms with Gasteiger partial charge in [0, 0.05) is 18.9 Å². The van der Waals surface area contributed by atoms with E-state index in [0.717, 1.165) is 16.7 Å². The molecule has 0 aromatic carbocycles. The Morgan fingerprint density at radius 3 is 2.96 bits per heavy atom. The number of fused-ring (bicyclic) bond motifs is 1. The first-order valence-corrected chi connectivity index (χ1v) is 8.96. The van der Waals surface area contributed by atoms with Gasteiger partial charge >= 0.3 is 6.09 Å². The number of hydrogen-bond donors (Lipinski definition) is 0. The highest BCUT2D eigenvalue weighted by Gasteiger charge is 2.48. The van der Waals surface area contributed by atoms with Crippen LogP contribution in [0.5, 0.6) is 0 Å². The largest absolute Gasteiger partial charge is 0.442 e. The number of carbonyl (C=O) groups excluding carboxylic acids is 1. The quantitative estimate of drug-likeness (QED) is 0.619. The molecule has 2 saturated heterocycles. The number of aromatic nitrogens is 3. The van der Waals surface area contributed by atoms with E-state index >= 15 is 0 Å². The minimum Gasteiger partial charge on any atom is -0.442 e. The van der Waals surface area contributed by atoms with E-state index in [1.807, 2.05) is 30.5 Å². The van der Waals surface area contributed by atoms with Crippen LogP contribution in [0.1, 0.15) is 5.69 Å². The summed E-state index contributed by atoms with van der Waals surface area (Å²) >= 11 is 1.51. The standard InChI is InChI=1S/C16H17N5O2S/c1-24-15-18-7-5-14(19-15)20-9-12-13(10-20)23-16(22)21(12)8-11-4-2-3-6-17-11/h2-7,12-13H,8-10H2,1H3/t12-,13+/m1/s1. The summed E-state index contributed by atoms with van der Waals surface area (Å²) in [5, 5.41) is 0.742. The Morgan fingerprint density at radius 1 is 1.25 bits per heavy atom. The van der Waals surface area contributed by atoms with Gasteiger partial charge in [-0.2, -0.15) is 0 Å². The number of rotatable bonds is 4. The molecule has 1 amide bonds. The van der Waals surface area contributed by atoms with E-state index < -0.39 is 0 Å². The van der Waals surface area contributed by atoms with Crippen molar-refractivity contribution in [3.05, 3.63) is 42.4 Å². The highest BCUT2D eigenvalue weighted by Crippen LogP contribution is 2.30. The van der Waals surface area contributed by atoms with E-state index in [0.29, 0.717) is 19.6 Å². The SMILES string of the molecule is CSc1nccc(N2C[C@@H]3OC(=O)N(Cc4ccccn4)[C@@H]3C2)n1. The van der Waals surface area contributed by atoms with Crippen molar-refractivity contribution in [3.63, 3.8) is 0 Å². The van der Waals surface area contributed by atoms with E-state index in [1.165, 1.54) is 11.8 Å². The zero-order valence-electron chi connectivity index (χ0n) is 13.2. The molecule has 0 radical (unpaired) electrons. The highest BCUT2D eigenvalue weighted by molar-refractivity contribution is 7.98. The second-order valence-electron chi connectivity index (χ2n) is 5.75. The zero-order valence-corrected chi connectivity index (χ0v) is 14.0. The molecule has 2 aliphatic rings. The van der Waals surface area contributed by atoms with Gasteiger partial charge < -0.3 is 9.64 Å². The fourth-order valence-electron chi connectivity index (χ4n) is 3.15. The molecule has 2 fully saturated rings. The fourth-order valence-corrected chi connectivity index (χ4v) is 3.50. The molecule has 2 aromatic rings. The molecule has 0 spiro atoms. The summed E-state index contributed by atoms with van der Waals surface area (Å²) in [7, 11) is 0. The van der Waals surface area contributed by atoms with E-state index in [2.05, 4.69) is 19.9 Å². The second-order valence-corrected chi connectivity index (χ2v) is 6.52. The molecular weight excluding hydrogens is 326 g/mol. The lowest BCUT2D eigenvalue weighted by Crippen LogP contribution is -2.37. The molecule has 0 unspecified atom stereocenters. The maximum Gasteiger partial charge on any atom is 0.410 e. The summed E-state index contributed by atoms with van der Waals surface area (Å²) in [6.07, 6.45) is 5.06. The third-order valence-corrected chi connectivity index (χ3v) is 4.87. The molecule has 4 heterocycles. The van der Waals surface area contributed by atoms with Crippen molar-refractivity contribution in [1.82, 2.24) is 19.9 Å². The lowest BCUT2D eigenvalue weighted by atomic mass is 10.2. The molecule has 124 valence electrons. The summed E-state index contributed by atoms with van der Waals surface area (Å²) in [5.41, 5.74) is 0.861. The maximum atomic E-state index is 12.2. The highest BCUT2D eigenvalue weighted by atomic mass is 32.2. The molecule has 0 aliphatic carbocycles. The van der Waals surface area contributed by atoms with Gasteiger partial charge in [0.1, 0.15) is 11.9 Å². The molecular formula is C16H17N5O2S. The summed E-state index contributed by atoms with van der Waals surface area (Å²) < 4.78 is 5.55. The van der Waals surface area contributed by atoms with Crippen LogP contribution in [0, 0.1) is 0 Å². The number of anilines is 1. The summed E-state index contributed by atoms with van der Waals surface area (Å²) in [6.45, 7) is 1.82. The molecule has 2 aliphatic heterocycles. The molecule has 2 aromatic heterocycles. The predicted octanol–water partition coefficient (Wildman–Crippen LogP) is 1.80. The Morgan fingerprint density at radius 2 is 2.17 bits per heavy atom. The van der Waals surface area contributed by atoms with Gasteiger partial charge in [0.25, 0.3) is 0 Å². The monoisotopic (exact) mass is 343 g/mol. The normalized spacial score (nSPS) is 22.6. The van der Waals surface area contributed by atoms with Gasteiger partial charge in [-0.15, -0.1) is 0 Å². The lowest BCUT2D eigenvalue weighted by molar-refractivity contribution is 0.135. The van der Waals surface area contributed by atoms with Crippen molar-refractivity contribution in [2.24, 2.45) is 0 Å². The number of thioether (sulfide) groups is 1. The van der Waals surface area contributed by atoms with E-state index in [4.69, 9.17) is 4.74 Å². The molecule has 8 heteroatoms. The molecule has 0 saturated carbocycles. The van der Waals surface area contributed by atoms with E-state index in [9.17, 15) is 4.79 Å². The fraction of sp³-hybridized carbons (Fsp3) is 0.375. The molecule has 4 rings (SSSR count). The van der Waals surface area contributed by atoms with Gasteiger partial charge in [-0.3, -0.25) is 9.88 Å². The van der Waals surface area contributed by atoms with Crippen LogP contribution in [0.3, 0.4) is 0 Å². The van der Waals surface area contributed by atoms with E-state index in [1.54, 1.807) is 17.3 Å². The van der Waals surface area contributed by atoms with Crippen LogP contribution < -0.4 is 4.90 Å². The predicted molar refractivity (Wildman–Crippen MR) is 89.9 cm³/mol. The van der Waals surface area contributed by atoms with Crippen LogP contribution in [-0.2, 0) is 11.3 Å². The first kappa shape index (κ1) is 15.2. The Balaban J connectivity index is 1.51. The summed E-state index contributed by atoms with van der Waals surface area (Å²) in [4.78, 5) is 29.1. The third-order valence-electron chi connectivity index (χ3n) is 4.31.